The molecular weight excluding hydrogens is 224 g/mol. The summed E-state index contributed by atoms with van der Waals surface area (Å²) in [7, 11) is 1.65. The van der Waals surface area contributed by atoms with Crippen LogP contribution in [0.5, 0.6) is 11.5 Å². The van der Waals surface area contributed by atoms with Gasteiger partial charge in [0.1, 0.15) is 0 Å². The summed E-state index contributed by atoms with van der Waals surface area (Å²) in [5.41, 5.74) is 0.997. The number of halogens is 1. The summed E-state index contributed by atoms with van der Waals surface area (Å²) in [6.45, 7) is 0.759. The Labute approximate surface area is 102 Å². The lowest BCUT2D eigenvalue weighted by Gasteiger charge is -2.13. The van der Waals surface area contributed by atoms with Gasteiger partial charge in [-0.1, -0.05) is 25.0 Å². The smallest absolute Gasteiger partial charge is 0.165 e. The van der Waals surface area contributed by atoms with E-state index < -0.39 is 0 Å². The van der Waals surface area contributed by atoms with Crippen molar-refractivity contribution in [2.45, 2.75) is 25.1 Å². The number of ether oxygens (including phenoxy) is 2. The highest BCUT2D eigenvalue weighted by molar-refractivity contribution is 6.17. The predicted octanol–water partition coefficient (Wildman–Crippen LogP) is 3.61. The second-order valence-electron chi connectivity index (χ2n) is 4.16. The highest BCUT2D eigenvalue weighted by Crippen LogP contribution is 2.35. The van der Waals surface area contributed by atoms with Crippen LogP contribution >= 0.6 is 11.6 Å². The molecule has 16 heavy (non-hydrogen) atoms. The van der Waals surface area contributed by atoms with Crippen LogP contribution in [0.25, 0.3) is 0 Å². The molecule has 1 aromatic rings. The van der Waals surface area contributed by atoms with Gasteiger partial charge in [0.25, 0.3) is 0 Å². The summed E-state index contributed by atoms with van der Waals surface area (Å²) >= 11 is 5.88. The van der Waals surface area contributed by atoms with E-state index in [9.17, 15) is 0 Å². The predicted molar refractivity (Wildman–Crippen MR) is 65.4 cm³/mol. The highest BCUT2D eigenvalue weighted by Gasteiger charge is 2.21. The molecule has 0 bridgehead atoms. The van der Waals surface area contributed by atoms with E-state index >= 15 is 0 Å². The molecule has 1 fully saturated rings. The maximum absolute atomic E-state index is 5.88. The van der Waals surface area contributed by atoms with Crippen LogP contribution in [0.1, 0.15) is 24.8 Å². The number of methoxy groups -OCH3 is 1. The van der Waals surface area contributed by atoms with Crippen molar-refractivity contribution in [3.8, 4) is 11.5 Å². The zero-order valence-electron chi connectivity index (χ0n) is 9.54. The molecule has 3 heteroatoms. The van der Waals surface area contributed by atoms with Crippen LogP contribution in [0.15, 0.2) is 18.2 Å². The molecule has 88 valence electrons. The first-order valence-corrected chi connectivity index (χ1v) is 6.23. The molecule has 1 aliphatic rings. The van der Waals surface area contributed by atoms with E-state index in [0.29, 0.717) is 5.88 Å². The normalized spacial score (nSPS) is 14.9. The summed E-state index contributed by atoms with van der Waals surface area (Å²) < 4.78 is 11.1. The van der Waals surface area contributed by atoms with Gasteiger partial charge in [0, 0.05) is 5.56 Å². The van der Waals surface area contributed by atoms with Crippen LogP contribution < -0.4 is 9.47 Å². The van der Waals surface area contributed by atoms with Gasteiger partial charge in [-0.25, -0.2) is 0 Å². The summed E-state index contributed by atoms with van der Waals surface area (Å²) in [5.74, 6) is 2.92. The molecule has 0 N–H and O–H groups in total. The lowest BCUT2D eigenvalue weighted by Crippen LogP contribution is -2.02. The number of hydrogen-bond acceptors (Lipinski definition) is 2. The zero-order valence-corrected chi connectivity index (χ0v) is 10.3. The van der Waals surface area contributed by atoms with E-state index in [1.165, 1.54) is 12.8 Å². The van der Waals surface area contributed by atoms with Crippen molar-refractivity contribution in [3.63, 3.8) is 0 Å². The number of rotatable bonds is 6. The second kappa shape index (κ2) is 5.44. The molecule has 0 radical (unpaired) electrons. The fraction of sp³-hybridized carbons (Fsp3) is 0.538. The summed E-state index contributed by atoms with van der Waals surface area (Å²) in [6, 6.07) is 5.81. The molecular formula is C13H17ClO2. The van der Waals surface area contributed by atoms with Gasteiger partial charge in [0.15, 0.2) is 11.5 Å². The first-order valence-electron chi connectivity index (χ1n) is 5.69. The molecule has 2 rings (SSSR count). The lowest BCUT2D eigenvalue weighted by atomic mass is 10.2. The van der Waals surface area contributed by atoms with Crippen LogP contribution in [0.4, 0.5) is 0 Å². The Morgan fingerprint density at radius 3 is 2.81 bits per heavy atom. The van der Waals surface area contributed by atoms with Crippen molar-refractivity contribution in [3.05, 3.63) is 23.8 Å². The minimum atomic E-state index is 0.454. The Hall–Kier alpha value is -0.890. The van der Waals surface area contributed by atoms with Crippen molar-refractivity contribution >= 4 is 11.6 Å². The highest BCUT2D eigenvalue weighted by atomic mass is 35.5. The van der Waals surface area contributed by atoms with Crippen molar-refractivity contribution in [2.75, 3.05) is 13.7 Å². The standard InChI is InChI=1S/C13H17ClO2/c1-15-12-4-2-3-11(9-14)13(12)16-8-7-10-5-6-10/h2-4,10H,5-9H2,1H3. The van der Waals surface area contributed by atoms with E-state index in [-0.39, 0.29) is 0 Å². The van der Waals surface area contributed by atoms with Gasteiger partial charge < -0.3 is 9.47 Å². The third-order valence-corrected chi connectivity index (χ3v) is 3.18. The molecule has 2 nitrogen and oxygen atoms in total. The summed E-state index contributed by atoms with van der Waals surface area (Å²) in [6.07, 6.45) is 3.86. The number of alkyl halides is 1. The van der Waals surface area contributed by atoms with Crippen molar-refractivity contribution in [2.24, 2.45) is 5.92 Å². The van der Waals surface area contributed by atoms with Crippen molar-refractivity contribution in [1.29, 1.82) is 0 Å². The Bertz CT molecular complexity index is 326. The third kappa shape index (κ3) is 2.82. The Kier molecular flexibility index (Phi) is 3.94. The first-order chi connectivity index (χ1) is 7.85. The minimum absolute atomic E-state index is 0.454. The van der Waals surface area contributed by atoms with Crippen molar-refractivity contribution in [1.82, 2.24) is 0 Å². The maximum Gasteiger partial charge on any atom is 0.165 e. The SMILES string of the molecule is COc1cccc(CCl)c1OCCC1CC1. The van der Waals surface area contributed by atoms with E-state index in [0.717, 1.165) is 36.0 Å². The number of benzene rings is 1. The largest absolute Gasteiger partial charge is 0.493 e. The molecule has 1 aromatic carbocycles. The maximum atomic E-state index is 5.88. The Balaban J connectivity index is 2.02. The van der Waals surface area contributed by atoms with Crippen LogP contribution in [0, 0.1) is 5.92 Å². The Morgan fingerprint density at radius 1 is 1.38 bits per heavy atom. The third-order valence-electron chi connectivity index (χ3n) is 2.89. The quantitative estimate of drug-likeness (QED) is 0.708. The number of hydrogen-bond donors (Lipinski definition) is 0. The van der Waals surface area contributed by atoms with E-state index in [1.807, 2.05) is 18.2 Å². The topological polar surface area (TPSA) is 18.5 Å². The van der Waals surface area contributed by atoms with Gasteiger partial charge >= 0.3 is 0 Å². The lowest BCUT2D eigenvalue weighted by molar-refractivity contribution is 0.281. The average molecular weight is 241 g/mol. The molecule has 0 unspecified atom stereocenters. The molecule has 1 saturated carbocycles. The van der Waals surface area contributed by atoms with Crippen LogP contribution in [-0.2, 0) is 5.88 Å². The van der Waals surface area contributed by atoms with Gasteiger partial charge in [-0.15, -0.1) is 11.6 Å². The first kappa shape index (κ1) is 11.6. The molecule has 1 aliphatic carbocycles. The van der Waals surface area contributed by atoms with E-state index in [4.69, 9.17) is 21.1 Å². The molecule has 0 aromatic heterocycles. The van der Waals surface area contributed by atoms with Crippen LogP contribution in [0.3, 0.4) is 0 Å². The van der Waals surface area contributed by atoms with Gasteiger partial charge in [-0.3, -0.25) is 0 Å². The number of para-hydroxylation sites is 1. The fourth-order valence-corrected chi connectivity index (χ4v) is 1.94. The van der Waals surface area contributed by atoms with Gasteiger partial charge in [-0.05, 0) is 18.4 Å². The zero-order chi connectivity index (χ0) is 11.4. The minimum Gasteiger partial charge on any atom is -0.493 e. The van der Waals surface area contributed by atoms with E-state index in [1.54, 1.807) is 7.11 Å². The second-order valence-corrected chi connectivity index (χ2v) is 4.43. The summed E-state index contributed by atoms with van der Waals surface area (Å²) in [5, 5.41) is 0. The van der Waals surface area contributed by atoms with Gasteiger partial charge in [0.2, 0.25) is 0 Å². The Morgan fingerprint density at radius 2 is 2.19 bits per heavy atom. The van der Waals surface area contributed by atoms with Crippen molar-refractivity contribution < 1.29 is 9.47 Å². The average Bonchev–Trinajstić information content (AvgIpc) is 3.13. The molecule has 0 atom stereocenters. The molecule has 0 aliphatic heterocycles. The van der Waals surface area contributed by atoms with Crippen LogP contribution in [0.2, 0.25) is 0 Å². The fourth-order valence-electron chi connectivity index (χ4n) is 1.73. The summed E-state index contributed by atoms with van der Waals surface area (Å²) in [4.78, 5) is 0. The molecule has 0 amide bonds. The van der Waals surface area contributed by atoms with Gasteiger partial charge in [-0.2, -0.15) is 0 Å². The van der Waals surface area contributed by atoms with Crippen LogP contribution in [-0.4, -0.2) is 13.7 Å². The molecule has 0 spiro atoms. The van der Waals surface area contributed by atoms with E-state index in [2.05, 4.69) is 0 Å². The van der Waals surface area contributed by atoms with Gasteiger partial charge in [0.05, 0.1) is 19.6 Å². The molecule has 0 heterocycles. The monoisotopic (exact) mass is 240 g/mol. The molecule has 0 saturated heterocycles.